The van der Waals surface area contributed by atoms with Crippen molar-refractivity contribution in [1.29, 1.82) is 5.53 Å². The number of nitrogens with one attached hydrogen (secondary N) is 7. The lowest BCUT2D eigenvalue weighted by molar-refractivity contribution is -0.438. The van der Waals surface area contributed by atoms with E-state index < -0.39 is 43.0 Å². The standard InChI is InChI=1S/C62H83N11O12S5/c1-6-72-50-29-27-44(89(80,81)82)38-46(50)61(2,3)53(72)20-15-21-54-62(4,5)47-39-45(90(83,84)85)28-30-51(47)73(54)35-14-8-11-22-55(75)64-32-33-65-56(76)31-36-87-88-37-34-66-59(78)48(67-58(77)41-23-25-42(26-24-41)70-71-63)18-10-7-9-16-43(74)17-12-13-19-52-57-49(40-86-52)68-60(79)69-57/h15,20-21,23-30,38-39,48-49,52,57,63H,6-14,16-19,22,31-37,40H2,1-5H3,(H6-2,64,65,66,67,68,69,75,76,77,78,79,80,81,82,83,84,85)/p+2. The number of Topliss-reactive ketones (excluding diaryl/α,β-unsaturated/α-hetero) is 1. The van der Waals surface area contributed by atoms with Gasteiger partial charge in [0.1, 0.15) is 23.9 Å². The van der Waals surface area contributed by atoms with Crippen molar-refractivity contribution in [2.24, 2.45) is 5.11 Å². The number of hydrogen-bond donors (Lipinski definition) is 9. The molecule has 3 aromatic carbocycles. The Morgan fingerprint density at radius 3 is 2.12 bits per heavy atom. The zero-order valence-electron chi connectivity index (χ0n) is 51.7. The second-order valence-electron chi connectivity index (χ2n) is 23.7. The number of rotatable bonds is 36. The van der Waals surface area contributed by atoms with E-state index in [1.165, 1.54) is 45.9 Å². The fraction of sp³-hybridized carbons (Fsp3) is 0.532. The molecule has 23 nitrogen and oxygen atoms in total. The van der Waals surface area contributed by atoms with Crippen molar-refractivity contribution < 1.29 is 59.3 Å². The van der Waals surface area contributed by atoms with Crippen molar-refractivity contribution >= 4 is 112 Å². The van der Waals surface area contributed by atoms with Gasteiger partial charge in [0.25, 0.3) is 26.1 Å². The van der Waals surface area contributed by atoms with Crippen LogP contribution in [0.15, 0.2) is 99.5 Å². The van der Waals surface area contributed by atoms with E-state index in [1.807, 2.05) is 64.6 Å². The molecule has 0 aliphatic carbocycles. The average molecular weight is 1340 g/mol. The molecule has 4 aliphatic heterocycles. The van der Waals surface area contributed by atoms with Gasteiger partial charge in [-0.1, -0.05) is 60.8 Å². The fourth-order valence-electron chi connectivity index (χ4n) is 11.9. The summed E-state index contributed by atoms with van der Waals surface area (Å²) in [4.78, 5) is 81.2. The van der Waals surface area contributed by atoms with Crippen LogP contribution < -0.4 is 41.7 Å². The van der Waals surface area contributed by atoms with Crippen molar-refractivity contribution in [1.82, 2.24) is 36.8 Å². The van der Waals surface area contributed by atoms with Crippen LogP contribution in [0.25, 0.3) is 0 Å². The van der Waals surface area contributed by atoms with Gasteiger partial charge in [-0.25, -0.2) is 4.79 Å². The van der Waals surface area contributed by atoms with Crippen molar-refractivity contribution in [3.05, 3.63) is 101 Å². The van der Waals surface area contributed by atoms with E-state index in [2.05, 4.69) is 51.4 Å². The zero-order valence-corrected chi connectivity index (χ0v) is 55.8. The lowest BCUT2D eigenvalue weighted by Crippen LogP contribution is -2.47. The van der Waals surface area contributed by atoms with Gasteiger partial charge in [0.2, 0.25) is 28.3 Å². The molecular formula is C62H85N11O12S5+2. The van der Waals surface area contributed by atoms with Gasteiger partial charge >= 0.3 is 6.03 Å². The molecule has 28 heteroatoms. The largest absolute Gasteiger partial charge is 0.354 e. The van der Waals surface area contributed by atoms with Crippen molar-refractivity contribution in [3.8, 4) is 0 Å². The van der Waals surface area contributed by atoms with E-state index in [4.69, 9.17) is 5.53 Å². The topological polar surface area (TPSA) is 340 Å². The molecule has 2 fully saturated rings. The number of fused-ring (bicyclic) bond motifs is 3. The Morgan fingerprint density at radius 1 is 0.789 bits per heavy atom. The van der Waals surface area contributed by atoms with Crippen LogP contribution in [-0.2, 0) is 50.2 Å². The van der Waals surface area contributed by atoms with Crippen molar-refractivity contribution in [2.75, 3.05) is 54.9 Å². The summed E-state index contributed by atoms with van der Waals surface area (Å²) in [6.45, 7) is 12.0. The first kappa shape index (κ1) is 71.1. The summed E-state index contributed by atoms with van der Waals surface area (Å²) in [7, 11) is -5.90. The van der Waals surface area contributed by atoms with E-state index in [9.17, 15) is 54.7 Å². The number of likely N-dealkylation sites (N-methyl/N-ethyl adjacent to an activating group) is 1. The number of thioether (sulfide) groups is 1. The van der Waals surface area contributed by atoms with Gasteiger partial charge in [0.05, 0.1) is 27.3 Å². The predicted molar refractivity (Wildman–Crippen MR) is 352 cm³/mol. The number of benzene rings is 3. The van der Waals surface area contributed by atoms with Crippen molar-refractivity contribution in [2.45, 2.75) is 169 Å². The summed E-state index contributed by atoms with van der Waals surface area (Å²) < 4.78 is 70.5. The summed E-state index contributed by atoms with van der Waals surface area (Å²) in [6, 6.07) is 14.8. The predicted octanol–water partition coefficient (Wildman–Crippen LogP) is 8.72. The van der Waals surface area contributed by atoms with Crippen LogP contribution in [0.5, 0.6) is 0 Å². The Bertz CT molecular complexity index is 3500. The van der Waals surface area contributed by atoms with Crippen LogP contribution in [0.3, 0.4) is 0 Å². The van der Waals surface area contributed by atoms with Gasteiger partial charge in [0, 0.05) is 121 Å². The number of anilines is 1. The highest BCUT2D eigenvalue weighted by molar-refractivity contribution is 8.76. The summed E-state index contributed by atoms with van der Waals surface area (Å²) in [5, 5.41) is 21.5. The third-order valence-electron chi connectivity index (χ3n) is 16.7. The van der Waals surface area contributed by atoms with Gasteiger partial charge < -0.3 is 36.8 Å². The minimum Gasteiger partial charge on any atom is -0.354 e. The van der Waals surface area contributed by atoms with E-state index in [0.717, 1.165) is 58.9 Å². The summed E-state index contributed by atoms with van der Waals surface area (Å²) in [5.74, 6) is 1.12. The number of unbranched alkanes of at least 4 members (excludes halogenated alkanes) is 5. The van der Waals surface area contributed by atoms with Gasteiger partial charge in [-0.05, 0) is 126 Å². The first-order valence-electron chi connectivity index (χ1n) is 30.6. The maximum Gasteiger partial charge on any atom is 0.315 e. The summed E-state index contributed by atoms with van der Waals surface area (Å²) in [5.41, 5.74) is 11.3. The van der Waals surface area contributed by atoms with Crippen LogP contribution >= 0.6 is 33.3 Å². The number of hydrogen-bond acceptors (Lipinski definition) is 16. The molecule has 3 aromatic rings. The lowest BCUT2D eigenvalue weighted by Gasteiger charge is -2.25. The fourth-order valence-corrected chi connectivity index (χ4v) is 16.3. The van der Waals surface area contributed by atoms with Crippen LogP contribution in [0.2, 0.25) is 0 Å². The second-order valence-corrected chi connectivity index (χ2v) is 30.5. The van der Waals surface area contributed by atoms with Gasteiger partial charge in [-0.3, -0.25) is 33.1 Å². The first-order chi connectivity index (χ1) is 42.8. The highest BCUT2D eigenvalue weighted by atomic mass is 33.1. The van der Waals surface area contributed by atoms with Crippen molar-refractivity contribution in [3.63, 3.8) is 0 Å². The molecule has 90 heavy (non-hydrogen) atoms. The maximum absolute atomic E-state index is 13.4. The molecule has 4 unspecified atom stereocenters. The molecule has 4 aliphatic rings. The molecule has 0 saturated carbocycles. The first-order valence-corrected chi connectivity index (χ1v) is 37.0. The lowest BCUT2D eigenvalue weighted by atomic mass is 9.81. The molecule has 4 heterocycles. The highest BCUT2D eigenvalue weighted by Crippen LogP contribution is 2.49. The normalized spacial score (nSPS) is 18.7. The number of carbonyl (C=O) groups is 6. The third-order valence-corrected chi connectivity index (χ3v) is 22.3. The molecule has 7 rings (SSSR count). The molecule has 0 aromatic heterocycles. The molecule has 0 radical (unpaired) electrons. The Hall–Kier alpha value is -6.39. The molecule has 488 valence electrons. The highest BCUT2D eigenvalue weighted by Gasteiger charge is 2.46. The Morgan fingerprint density at radius 2 is 1.43 bits per heavy atom. The SMILES string of the molecule is CCN1C(=CC=CC2=[N+](CCCCCC(=O)NCCNC(=O)CCSSCCNC(=O)C(CCCCCC(=O)CCCCC3SCC4NC(=O)NC43)NC(=O)c3ccc(N=[N+]=N)cc3)c3ccc(S(=O)(=O)O)cc3C2(C)C)C(C)(C)c2cc(S(=O)(=O)O)ccc21. The molecule has 6 amide bonds. The average Bonchev–Trinajstić information content (AvgIpc) is 1.60. The van der Waals surface area contributed by atoms with Crippen LogP contribution in [0.1, 0.15) is 146 Å². The second kappa shape index (κ2) is 32.8. The minimum absolute atomic E-state index is 0.101. The van der Waals surface area contributed by atoms with Gasteiger partial charge in [-0.15, -0.1) is 0 Å². The van der Waals surface area contributed by atoms with Crippen LogP contribution in [-0.4, -0.2) is 145 Å². The van der Waals surface area contributed by atoms with E-state index >= 15 is 0 Å². The quantitative estimate of drug-likeness (QED) is 0.00500. The maximum atomic E-state index is 13.4. The summed E-state index contributed by atoms with van der Waals surface area (Å²) >= 11 is 1.87. The summed E-state index contributed by atoms with van der Waals surface area (Å²) in [6.07, 6.45) is 14.5. The monoisotopic (exact) mass is 1340 g/mol. The molecule has 9 N–H and O–H groups in total. The molecule has 0 spiro atoms. The number of urea groups is 1. The minimum atomic E-state index is -4.48. The number of ketones is 1. The number of carbonyl (C=O) groups excluding carboxylic acids is 6. The molecular weight excluding hydrogens is 1250 g/mol. The zero-order chi connectivity index (χ0) is 65.2. The smallest absolute Gasteiger partial charge is 0.315 e. The van der Waals surface area contributed by atoms with Crippen LogP contribution in [0, 0.1) is 5.53 Å². The number of allylic oxidation sites excluding steroid dienone is 4. The van der Waals surface area contributed by atoms with E-state index in [0.29, 0.717) is 105 Å². The van der Waals surface area contributed by atoms with E-state index in [1.54, 1.807) is 36.4 Å². The third kappa shape index (κ3) is 19.3. The van der Waals surface area contributed by atoms with E-state index in [-0.39, 0.29) is 77.3 Å². The van der Waals surface area contributed by atoms with Crippen LogP contribution in [0.4, 0.5) is 21.9 Å². The Labute approximate surface area is 539 Å². The Balaban J connectivity index is 0.782. The molecule has 0 bridgehead atoms. The Kier molecular flexibility index (Phi) is 25.9. The van der Waals surface area contributed by atoms with Gasteiger partial charge in [-0.2, -0.15) is 33.2 Å². The van der Waals surface area contributed by atoms with Gasteiger partial charge in [0.15, 0.2) is 16.5 Å². The molecule has 2 saturated heterocycles. The number of amides is 6. The molecule has 4 atom stereocenters. The number of nitrogens with zero attached hydrogens (tertiary/aromatic N) is 4.